The largest absolute Gasteiger partial charge is 0.306 e. The third kappa shape index (κ3) is 3.76. The van der Waals surface area contributed by atoms with Gasteiger partial charge in [0.05, 0.1) is 0 Å². The molecule has 2 heteroatoms. The molecule has 1 fully saturated rings. The summed E-state index contributed by atoms with van der Waals surface area (Å²) in [5, 5.41) is 3.76. The fourth-order valence-corrected chi connectivity index (χ4v) is 3.77. The molecule has 1 aromatic rings. The van der Waals surface area contributed by atoms with E-state index in [9.17, 15) is 0 Å². The van der Waals surface area contributed by atoms with Gasteiger partial charge in [0, 0.05) is 23.6 Å². The van der Waals surface area contributed by atoms with E-state index in [2.05, 4.69) is 62.1 Å². The minimum atomic E-state index is 0.543. The van der Waals surface area contributed by atoms with Crippen LogP contribution in [-0.4, -0.2) is 17.5 Å². The molecule has 1 N–H and O–H groups in total. The van der Waals surface area contributed by atoms with Gasteiger partial charge in [-0.05, 0) is 29.9 Å². The summed E-state index contributed by atoms with van der Waals surface area (Å²) in [6, 6.07) is 10.5. The average Bonchev–Trinajstić information content (AvgIpc) is 2.39. The molecular weight excluding hydrogens is 238 g/mol. The van der Waals surface area contributed by atoms with Crippen molar-refractivity contribution in [1.82, 2.24) is 5.32 Å². The highest BCUT2D eigenvalue weighted by Gasteiger charge is 2.21. The summed E-state index contributed by atoms with van der Waals surface area (Å²) in [6.07, 6.45) is 2.42. The molecule has 2 unspecified atom stereocenters. The van der Waals surface area contributed by atoms with Crippen LogP contribution < -0.4 is 5.32 Å². The summed E-state index contributed by atoms with van der Waals surface area (Å²) in [4.78, 5) is 0. The number of hydrogen-bond acceptors (Lipinski definition) is 2. The molecule has 0 amide bonds. The lowest BCUT2D eigenvalue weighted by Gasteiger charge is -2.30. The van der Waals surface area contributed by atoms with E-state index >= 15 is 0 Å². The molecule has 1 nitrogen and oxygen atoms in total. The number of rotatable bonds is 4. The normalized spacial score (nSPS) is 24.4. The molecule has 2 rings (SSSR count). The summed E-state index contributed by atoms with van der Waals surface area (Å²) < 4.78 is 0. The van der Waals surface area contributed by atoms with E-state index in [1.54, 1.807) is 0 Å². The zero-order chi connectivity index (χ0) is 13.0. The van der Waals surface area contributed by atoms with Crippen molar-refractivity contribution in [2.45, 2.75) is 45.7 Å². The Morgan fingerprint density at radius 2 is 1.94 bits per heavy atom. The van der Waals surface area contributed by atoms with Crippen LogP contribution in [0.4, 0.5) is 0 Å². The zero-order valence-corrected chi connectivity index (χ0v) is 12.6. The Morgan fingerprint density at radius 3 is 2.56 bits per heavy atom. The summed E-state index contributed by atoms with van der Waals surface area (Å²) in [5.74, 6) is 3.21. The molecule has 0 spiro atoms. The first kappa shape index (κ1) is 14.0. The Hall–Kier alpha value is -0.470. The molecule has 1 aromatic carbocycles. The second kappa shape index (κ2) is 6.63. The molecular formula is C16H25NS. The van der Waals surface area contributed by atoms with Crippen LogP contribution in [0.3, 0.4) is 0 Å². The van der Waals surface area contributed by atoms with E-state index in [4.69, 9.17) is 0 Å². The minimum Gasteiger partial charge on any atom is -0.306 e. The Morgan fingerprint density at radius 1 is 1.22 bits per heavy atom. The minimum absolute atomic E-state index is 0.543. The first-order chi connectivity index (χ1) is 8.69. The van der Waals surface area contributed by atoms with E-state index < -0.39 is 0 Å². The van der Waals surface area contributed by atoms with E-state index in [1.165, 1.54) is 35.5 Å². The number of nitrogens with one attached hydrogen (secondary N) is 1. The van der Waals surface area contributed by atoms with Gasteiger partial charge in [-0.2, -0.15) is 11.8 Å². The maximum absolute atomic E-state index is 3.76. The molecule has 0 saturated carbocycles. The second-order valence-corrected chi connectivity index (χ2v) is 6.78. The lowest BCUT2D eigenvalue weighted by atomic mass is 9.99. The lowest BCUT2D eigenvalue weighted by molar-refractivity contribution is 0.466. The fraction of sp³-hybridized carbons (Fsp3) is 0.625. The van der Waals surface area contributed by atoms with Crippen LogP contribution in [0.1, 0.15) is 44.4 Å². The SMILES string of the molecule is CCC1CSCC(c2ccc(CC(C)C)cc2)N1. The van der Waals surface area contributed by atoms with Crippen LogP contribution >= 0.6 is 11.8 Å². The Labute approximate surface area is 116 Å². The van der Waals surface area contributed by atoms with E-state index in [1.807, 2.05) is 0 Å². The maximum atomic E-state index is 3.76. The maximum Gasteiger partial charge on any atom is 0.0414 e. The molecule has 1 aliphatic rings. The van der Waals surface area contributed by atoms with Gasteiger partial charge in [-0.25, -0.2) is 0 Å². The van der Waals surface area contributed by atoms with Gasteiger partial charge in [0.2, 0.25) is 0 Å². The van der Waals surface area contributed by atoms with Crippen molar-refractivity contribution in [3.05, 3.63) is 35.4 Å². The van der Waals surface area contributed by atoms with Gasteiger partial charge < -0.3 is 5.32 Å². The fourth-order valence-electron chi connectivity index (χ4n) is 2.49. The number of hydrogen-bond donors (Lipinski definition) is 1. The van der Waals surface area contributed by atoms with Crippen molar-refractivity contribution in [2.75, 3.05) is 11.5 Å². The van der Waals surface area contributed by atoms with Crippen LogP contribution in [0.2, 0.25) is 0 Å². The second-order valence-electron chi connectivity index (χ2n) is 5.70. The standard InChI is InChI=1S/C16H25NS/c1-4-15-10-18-11-16(17-15)14-7-5-13(6-8-14)9-12(2)3/h5-8,12,15-17H,4,9-11H2,1-3H3. The van der Waals surface area contributed by atoms with E-state index in [-0.39, 0.29) is 0 Å². The van der Waals surface area contributed by atoms with Gasteiger partial charge in [0.25, 0.3) is 0 Å². The van der Waals surface area contributed by atoms with Gasteiger partial charge in [0.1, 0.15) is 0 Å². The van der Waals surface area contributed by atoms with Crippen molar-refractivity contribution in [3.8, 4) is 0 Å². The first-order valence-corrected chi connectivity index (χ1v) is 8.27. The van der Waals surface area contributed by atoms with Crippen LogP contribution in [0.25, 0.3) is 0 Å². The van der Waals surface area contributed by atoms with Crippen molar-refractivity contribution in [3.63, 3.8) is 0 Å². The highest BCUT2D eigenvalue weighted by molar-refractivity contribution is 7.99. The van der Waals surface area contributed by atoms with Crippen molar-refractivity contribution in [2.24, 2.45) is 5.92 Å². The molecule has 0 aromatic heterocycles. The summed E-state index contributed by atoms with van der Waals surface area (Å²) in [6.45, 7) is 6.82. The smallest absolute Gasteiger partial charge is 0.0414 e. The van der Waals surface area contributed by atoms with Crippen molar-refractivity contribution in [1.29, 1.82) is 0 Å². The van der Waals surface area contributed by atoms with Crippen molar-refractivity contribution >= 4 is 11.8 Å². The Balaban J connectivity index is 2.00. The number of benzene rings is 1. The molecule has 1 aliphatic heterocycles. The van der Waals surface area contributed by atoms with Crippen LogP contribution in [-0.2, 0) is 6.42 Å². The highest BCUT2D eigenvalue weighted by atomic mass is 32.2. The molecule has 0 radical (unpaired) electrons. The molecule has 1 heterocycles. The Kier molecular flexibility index (Phi) is 5.13. The monoisotopic (exact) mass is 263 g/mol. The summed E-state index contributed by atoms with van der Waals surface area (Å²) >= 11 is 2.08. The number of thioether (sulfide) groups is 1. The first-order valence-electron chi connectivity index (χ1n) is 7.11. The van der Waals surface area contributed by atoms with Gasteiger partial charge in [0.15, 0.2) is 0 Å². The van der Waals surface area contributed by atoms with Gasteiger partial charge in [-0.15, -0.1) is 0 Å². The third-order valence-corrected chi connectivity index (χ3v) is 4.77. The van der Waals surface area contributed by atoms with Crippen LogP contribution in [0.15, 0.2) is 24.3 Å². The predicted octanol–water partition coefficient (Wildman–Crippen LogP) is 4.04. The molecule has 2 atom stereocenters. The molecule has 0 aliphatic carbocycles. The zero-order valence-electron chi connectivity index (χ0n) is 11.8. The van der Waals surface area contributed by atoms with Crippen LogP contribution in [0.5, 0.6) is 0 Å². The third-order valence-electron chi connectivity index (χ3n) is 3.56. The quantitative estimate of drug-likeness (QED) is 0.880. The van der Waals surface area contributed by atoms with Gasteiger partial charge >= 0.3 is 0 Å². The lowest BCUT2D eigenvalue weighted by Crippen LogP contribution is -2.39. The average molecular weight is 263 g/mol. The molecule has 18 heavy (non-hydrogen) atoms. The predicted molar refractivity (Wildman–Crippen MR) is 82.3 cm³/mol. The van der Waals surface area contributed by atoms with Gasteiger partial charge in [-0.3, -0.25) is 0 Å². The van der Waals surface area contributed by atoms with E-state index in [0.717, 1.165) is 5.92 Å². The molecule has 1 saturated heterocycles. The van der Waals surface area contributed by atoms with Crippen molar-refractivity contribution < 1.29 is 0 Å². The van der Waals surface area contributed by atoms with Crippen LogP contribution in [0, 0.1) is 5.92 Å². The topological polar surface area (TPSA) is 12.0 Å². The van der Waals surface area contributed by atoms with Gasteiger partial charge in [-0.1, -0.05) is 45.0 Å². The molecule has 0 bridgehead atoms. The van der Waals surface area contributed by atoms with E-state index in [0.29, 0.717) is 12.1 Å². The summed E-state index contributed by atoms with van der Waals surface area (Å²) in [7, 11) is 0. The highest BCUT2D eigenvalue weighted by Crippen LogP contribution is 2.25. The Bertz CT molecular complexity index is 358. The summed E-state index contributed by atoms with van der Waals surface area (Å²) in [5.41, 5.74) is 2.91. The molecule has 100 valence electrons.